The summed E-state index contributed by atoms with van der Waals surface area (Å²) in [5.41, 5.74) is 0.401. The third kappa shape index (κ3) is 1.94. The molecule has 1 fully saturated rings. The molecular weight excluding hydrogens is 264 g/mol. The first-order chi connectivity index (χ1) is 9.03. The van der Waals surface area contributed by atoms with Crippen molar-refractivity contribution >= 4 is 17.6 Å². The number of hydrogen-bond acceptors (Lipinski definition) is 2. The minimum absolute atomic E-state index is 0.0203. The van der Waals surface area contributed by atoms with Crippen LogP contribution < -0.4 is 10.1 Å². The lowest BCUT2D eigenvalue weighted by Gasteiger charge is -2.50. The first-order valence-electron chi connectivity index (χ1n) is 6.60. The van der Waals surface area contributed by atoms with Crippen molar-refractivity contribution in [2.24, 2.45) is 0 Å². The summed E-state index contributed by atoms with van der Waals surface area (Å²) < 4.78 is 6.09. The molecule has 2 atom stereocenters. The van der Waals surface area contributed by atoms with Gasteiger partial charge in [0.15, 0.2) is 5.72 Å². The minimum atomic E-state index is -0.566. The number of hydrogen-bond donors (Lipinski definition) is 1. The van der Waals surface area contributed by atoms with Crippen molar-refractivity contribution < 1.29 is 9.53 Å². The molecule has 0 aromatic heterocycles. The molecule has 1 aromatic carbocycles. The van der Waals surface area contributed by atoms with Crippen LogP contribution >= 0.6 is 11.6 Å². The molecule has 2 heterocycles. The summed E-state index contributed by atoms with van der Waals surface area (Å²) in [7, 11) is 0. The zero-order chi connectivity index (χ0) is 13.6. The highest BCUT2D eigenvalue weighted by molar-refractivity contribution is 6.30. The Kier molecular flexibility index (Phi) is 2.86. The fourth-order valence-corrected chi connectivity index (χ4v) is 3.13. The number of ether oxygens (including phenoxy) is 1. The van der Waals surface area contributed by atoms with Crippen molar-refractivity contribution in [1.29, 1.82) is 0 Å². The molecule has 1 aromatic rings. The second-order valence-electron chi connectivity index (χ2n) is 5.32. The number of urea groups is 1. The Bertz CT molecular complexity index is 534. The molecule has 0 aliphatic carbocycles. The SMILES string of the molecule is CCCN1C(=O)NC2CC1(C)Oc1ccc(Cl)cc12. The zero-order valence-corrected chi connectivity index (χ0v) is 11.8. The lowest BCUT2D eigenvalue weighted by molar-refractivity contribution is -0.0836. The Morgan fingerprint density at radius 3 is 3.11 bits per heavy atom. The lowest BCUT2D eigenvalue weighted by Crippen LogP contribution is -2.64. The average molecular weight is 281 g/mol. The van der Waals surface area contributed by atoms with Gasteiger partial charge in [0, 0.05) is 23.6 Å². The Labute approximate surface area is 117 Å². The number of fused-ring (bicyclic) bond motifs is 4. The molecule has 1 saturated heterocycles. The van der Waals surface area contributed by atoms with Crippen LogP contribution in [-0.4, -0.2) is 23.2 Å². The van der Waals surface area contributed by atoms with E-state index in [0.717, 1.165) is 24.2 Å². The highest BCUT2D eigenvalue weighted by Crippen LogP contribution is 2.44. The monoisotopic (exact) mass is 280 g/mol. The van der Waals surface area contributed by atoms with E-state index in [1.165, 1.54) is 0 Å². The lowest BCUT2D eigenvalue weighted by atomic mass is 9.90. The van der Waals surface area contributed by atoms with Crippen molar-refractivity contribution in [2.45, 2.75) is 38.5 Å². The van der Waals surface area contributed by atoms with E-state index in [-0.39, 0.29) is 12.1 Å². The van der Waals surface area contributed by atoms with E-state index >= 15 is 0 Å². The number of nitrogens with one attached hydrogen (secondary N) is 1. The van der Waals surface area contributed by atoms with Crippen LogP contribution in [0.4, 0.5) is 4.79 Å². The third-order valence-electron chi connectivity index (χ3n) is 3.82. The Morgan fingerprint density at radius 1 is 1.58 bits per heavy atom. The van der Waals surface area contributed by atoms with Crippen LogP contribution in [0.5, 0.6) is 5.75 Å². The predicted molar refractivity (Wildman–Crippen MR) is 73.4 cm³/mol. The van der Waals surface area contributed by atoms with Gasteiger partial charge in [0.2, 0.25) is 0 Å². The molecule has 4 nitrogen and oxygen atoms in total. The molecule has 3 rings (SSSR count). The van der Waals surface area contributed by atoms with Gasteiger partial charge in [-0.15, -0.1) is 0 Å². The quantitative estimate of drug-likeness (QED) is 0.903. The van der Waals surface area contributed by atoms with Crippen LogP contribution in [0.3, 0.4) is 0 Å². The molecule has 2 aliphatic heterocycles. The summed E-state index contributed by atoms with van der Waals surface area (Å²) in [4.78, 5) is 14.0. The number of nitrogens with zero attached hydrogens (tertiary/aromatic N) is 1. The first kappa shape index (κ1) is 12.6. The van der Waals surface area contributed by atoms with Crippen molar-refractivity contribution in [2.75, 3.05) is 6.54 Å². The maximum atomic E-state index is 12.2. The largest absolute Gasteiger partial charge is 0.468 e. The number of benzene rings is 1. The number of carbonyl (C=O) groups excluding carboxylic acids is 1. The maximum absolute atomic E-state index is 12.2. The molecule has 5 heteroatoms. The van der Waals surface area contributed by atoms with Gasteiger partial charge < -0.3 is 10.1 Å². The summed E-state index contributed by atoms with van der Waals surface area (Å²) in [5.74, 6) is 0.809. The van der Waals surface area contributed by atoms with Crippen molar-refractivity contribution in [3.05, 3.63) is 28.8 Å². The molecule has 0 spiro atoms. The predicted octanol–water partition coefficient (Wildman–Crippen LogP) is 3.32. The first-order valence-corrected chi connectivity index (χ1v) is 6.98. The maximum Gasteiger partial charge on any atom is 0.320 e. The van der Waals surface area contributed by atoms with Gasteiger partial charge in [-0.25, -0.2) is 4.79 Å². The van der Waals surface area contributed by atoms with Gasteiger partial charge in [-0.2, -0.15) is 0 Å². The van der Waals surface area contributed by atoms with Crippen LogP contribution in [-0.2, 0) is 0 Å². The van der Waals surface area contributed by atoms with E-state index in [0.29, 0.717) is 11.6 Å². The second kappa shape index (κ2) is 4.30. The van der Waals surface area contributed by atoms with Crippen molar-refractivity contribution in [3.63, 3.8) is 0 Å². The van der Waals surface area contributed by atoms with Gasteiger partial charge in [0.25, 0.3) is 0 Å². The molecule has 102 valence electrons. The van der Waals surface area contributed by atoms with Gasteiger partial charge in [-0.1, -0.05) is 18.5 Å². The zero-order valence-electron chi connectivity index (χ0n) is 11.1. The highest BCUT2D eigenvalue weighted by atomic mass is 35.5. The van der Waals surface area contributed by atoms with Gasteiger partial charge in [-0.3, -0.25) is 4.90 Å². The van der Waals surface area contributed by atoms with Crippen molar-refractivity contribution in [1.82, 2.24) is 10.2 Å². The average Bonchev–Trinajstić information content (AvgIpc) is 2.35. The molecule has 0 radical (unpaired) electrons. The summed E-state index contributed by atoms with van der Waals surface area (Å²) in [6.07, 6.45) is 1.65. The van der Waals surface area contributed by atoms with E-state index in [9.17, 15) is 4.79 Å². The van der Waals surface area contributed by atoms with Gasteiger partial charge >= 0.3 is 6.03 Å². The van der Waals surface area contributed by atoms with Crippen LogP contribution in [0.15, 0.2) is 18.2 Å². The molecule has 2 amide bonds. The van der Waals surface area contributed by atoms with E-state index in [1.807, 2.05) is 25.1 Å². The Morgan fingerprint density at radius 2 is 2.37 bits per heavy atom. The smallest absolute Gasteiger partial charge is 0.320 e. The van der Waals surface area contributed by atoms with E-state index in [4.69, 9.17) is 16.3 Å². The summed E-state index contributed by atoms with van der Waals surface area (Å²) in [6, 6.07) is 5.48. The standard InChI is InChI=1S/C14H17ClN2O2/c1-3-6-17-13(18)16-11-8-14(17,2)19-12-5-4-9(15)7-10(11)12/h4-5,7,11H,3,6,8H2,1-2H3,(H,16,18). The minimum Gasteiger partial charge on any atom is -0.468 e. The molecule has 2 bridgehead atoms. The molecular formula is C14H17ClN2O2. The fourth-order valence-electron chi connectivity index (χ4n) is 2.95. The van der Waals surface area contributed by atoms with Gasteiger partial charge in [0.1, 0.15) is 5.75 Å². The van der Waals surface area contributed by atoms with E-state index < -0.39 is 5.72 Å². The molecule has 1 N–H and O–H groups in total. The third-order valence-corrected chi connectivity index (χ3v) is 4.06. The van der Waals surface area contributed by atoms with Crippen LogP contribution in [0.1, 0.15) is 38.3 Å². The molecule has 2 aliphatic rings. The van der Waals surface area contributed by atoms with Gasteiger partial charge in [-0.05, 0) is 31.5 Å². The second-order valence-corrected chi connectivity index (χ2v) is 5.75. The summed E-state index contributed by atoms with van der Waals surface area (Å²) in [6.45, 7) is 4.73. The fraction of sp³-hybridized carbons (Fsp3) is 0.500. The number of rotatable bonds is 2. The van der Waals surface area contributed by atoms with E-state index in [2.05, 4.69) is 12.2 Å². The molecule has 2 unspecified atom stereocenters. The normalized spacial score (nSPS) is 28.5. The number of carbonyl (C=O) groups is 1. The topological polar surface area (TPSA) is 41.6 Å². The van der Waals surface area contributed by atoms with Crippen LogP contribution in [0.2, 0.25) is 5.02 Å². The Hall–Kier alpha value is -1.42. The number of amides is 2. The summed E-state index contributed by atoms with van der Waals surface area (Å²) in [5, 5.41) is 3.70. The summed E-state index contributed by atoms with van der Waals surface area (Å²) >= 11 is 6.02. The molecule has 0 saturated carbocycles. The number of halogens is 1. The van der Waals surface area contributed by atoms with Crippen LogP contribution in [0, 0.1) is 0 Å². The Balaban J connectivity index is 2.03. The van der Waals surface area contributed by atoms with Crippen molar-refractivity contribution in [3.8, 4) is 5.75 Å². The highest BCUT2D eigenvalue weighted by Gasteiger charge is 2.48. The van der Waals surface area contributed by atoms with Gasteiger partial charge in [0.05, 0.1) is 6.04 Å². The van der Waals surface area contributed by atoms with Crippen LogP contribution in [0.25, 0.3) is 0 Å². The van der Waals surface area contributed by atoms with E-state index in [1.54, 1.807) is 4.90 Å². The molecule has 19 heavy (non-hydrogen) atoms.